The molecule has 0 aromatic rings. The van der Waals surface area contributed by atoms with Crippen molar-refractivity contribution in [1.29, 1.82) is 0 Å². The molecule has 1 unspecified atom stereocenters. The third-order valence-electron chi connectivity index (χ3n) is 1.93. The van der Waals surface area contributed by atoms with E-state index in [-0.39, 0.29) is 6.54 Å². The van der Waals surface area contributed by atoms with E-state index in [0.717, 1.165) is 0 Å². The van der Waals surface area contributed by atoms with Gasteiger partial charge in [-0.3, -0.25) is 4.90 Å². The van der Waals surface area contributed by atoms with E-state index in [2.05, 4.69) is 0 Å². The molecule has 1 saturated heterocycles. The van der Waals surface area contributed by atoms with Gasteiger partial charge in [-0.25, -0.2) is 8.78 Å². The van der Waals surface area contributed by atoms with Crippen LogP contribution in [0.25, 0.3) is 0 Å². The highest BCUT2D eigenvalue weighted by atomic mass is 19.3. The second-order valence-electron chi connectivity index (χ2n) is 4.68. The van der Waals surface area contributed by atoms with Crippen LogP contribution in [0, 0.1) is 0 Å². The number of alkyl halides is 2. The summed E-state index contributed by atoms with van der Waals surface area (Å²) in [5.74, 6) is -2.71. The van der Waals surface area contributed by atoms with Gasteiger partial charge in [-0.15, -0.1) is 0 Å². The van der Waals surface area contributed by atoms with Gasteiger partial charge in [-0.1, -0.05) is 0 Å². The zero-order valence-corrected chi connectivity index (χ0v) is 8.60. The van der Waals surface area contributed by atoms with E-state index in [0.29, 0.717) is 6.54 Å². The first kappa shape index (κ1) is 10.9. The molecular formula is C9H17F2NO. The second-order valence-corrected chi connectivity index (χ2v) is 4.68. The molecule has 0 N–H and O–H groups in total. The smallest absolute Gasteiger partial charge is 0.287 e. The molecule has 78 valence electrons. The summed E-state index contributed by atoms with van der Waals surface area (Å²) in [6, 6.07) is 0. The van der Waals surface area contributed by atoms with Gasteiger partial charge in [0, 0.05) is 6.54 Å². The molecule has 1 heterocycles. The minimum Gasteiger partial charge on any atom is -0.365 e. The van der Waals surface area contributed by atoms with Gasteiger partial charge < -0.3 is 4.74 Å². The van der Waals surface area contributed by atoms with Crippen molar-refractivity contribution in [3.05, 3.63) is 0 Å². The molecule has 0 bridgehead atoms. The van der Waals surface area contributed by atoms with Crippen LogP contribution in [-0.2, 0) is 4.74 Å². The Morgan fingerprint density at radius 1 is 1.38 bits per heavy atom. The van der Waals surface area contributed by atoms with Crippen LogP contribution in [0.2, 0.25) is 0 Å². The molecule has 1 aliphatic rings. The first-order chi connectivity index (χ1) is 5.71. The summed E-state index contributed by atoms with van der Waals surface area (Å²) in [5.41, 5.74) is -0.501. The summed E-state index contributed by atoms with van der Waals surface area (Å²) in [7, 11) is 1.68. The Morgan fingerprint density at radius 2 is 1.92 bits per heavy atom. The number of hydrogen-bond acceptors (Lipinski definition) is 2. The van der Waals surface area contributed by atoms with E-state index in [1.807, 2.05) is 0 Å². The Bertz CT molecular complexity index is 189. The quantitative estimate of drug-likeness (QED) is 0.629. The van der Waals surface area contributed by atoms with Crippen molar-refractivity contribution in [2.75, 3.05) is 20.1 Å². The first-order valence-electron chi connectivity index (χ1n) is 4.45. The topological polar surface area (TPSA) is 12.5 Å². The Kier molecular flexibility index (Phi) is 2.65. The number of rotatable bonds is 1. The number of hydrogen-bond donors (Lipinski definition) is 0. The predicted molar refractivity (Wildman–Crippen MR) is 47.1 cm³/mol. The number of ether oxygens (including phenoxy) is 1. The van der Waals surface area contributed by atoms with Gasteiger partial charge in [0.2, 0.25) is 0 Å². The number of likely N-dealkylation sites (tertiary alicyclic amines) is 1. The zero-order valence-electron chi connectivity index (χ0n) is 8.60. The number of likely N-dealkylation sites (N-methyl/N-ethyl adjacent to an activating group) is 1. The Labute approximate surface area is 77.9 Å². The Hall–Kier alpha value is -0.220. The van der Waals surface area contributed by atoms with Gasteiger partial charge in [0.25, 0.3) is 5.92 Å². The Balaban J connectivity index is 2.60. The molecule has 0 radical (unpaired) electrons. The van der Waals surface area contributed by atoms with Gasteiger partial charge in [-0.05, 0) is 27.8 Å². The van der Waals surface area contributed by atoms with Crippen LogP contribution in [-0.4, -0.2) is 42.7 Å². The minimum atomic E-state index is -2.71. The van der Waals surface area contributed by atoms with E-state index >= 15 is 0 Å². The highest BCUT2D eigenvalue weighted by Crippen LogP contribution is 2.31. The zero-order chi connectivity index (χ0) is 10.3. The van der Waals surface area contributed by atoms with Crippen molar-refractivity contribution >= 4 is 0 Å². The molecule has 0 amide bonds. The van der Waals surface area contributed by atoms with Gasteiger partial charge in [0.15, 0.2) is 0 Å². The maximum atomic E-state index is 13.2. The molecule has 0 aromatic carbocycles. The van der Waals surface area contributed by atoms with E-state index in [1.165, 1.54) is 0 Å². The molecule has 1 fully saturated rings. The molecule has 0 saturated carbocycles. The van der Waals surface area contributed by atoms with E-state index in [9.17, 15) is 8.78 Å². The third kappa shape index (κ3) is 2.88. The van der Waals surface area contributed by atoms with Crippen molar-refractivity contribution < 1.29 is 13.5 Å². The molecule has 2 nitrogen and oxygen atoms in total. The summed E-state index contributed by atoms with van der Waals surface area (Å²) < 4.78 is 31.7. The summed E-state index contributed by atoms with van der Waals surface area (Å²) in [5, 5.41) is 0. The maximum Gasteiger partial charge on any atom is 0.287 e. The third-order valence-corrected chi connectivity index (χ3v) is 1.93. The molecule has 1 rings (SSSR count). The highest BCUT2D eigenvalue weighted by molar-refractivity contribution is 4.91. The summed E-state index contributed by atoms with van der Waals surface area (Å²) in [6.07, 6.45) is -0.961. The largest absolute Gasteiger partial charge is 0.365 e. The minimum absolute atomic E-state index is 0.201. The molecular weight excluding hydrogens is 176 g/mol. The normalized spacial score (nSPS) is 29.5. The lowest BCUT2D eigenvalue weighted by Gasteiger charge is -2.27. The Morgan fingerprint density at radius 3 is 2.23 bits per heavy atom. The first-order valence-corrected chi connectivity index (χ1v) is 4.45. The molecule has 0 aliphatic carbocycles. The molecule has 1 atom stereocenters. The van der Waals surface area contributed by atoms with Crippen molar-refractivity contribution in [3.63, 3.8) is 0 Å². The summed E-state index contributed by atoms with van der Waals surface area (Å²) in [6.45, 7) is 5.49. The molecule has 1 aliphatic heterocycles. The predicted octanol–water partition coefficient (Wildman–Crippen LogP) is 1.75. The average molecular weight is 193 g/mol. The SMILES string of the molecule is CN1CC(OC(C)(C)C)C(F)(F)C1. The van der Waals surface area contributed by atoms with E-state index in [4.69, 9.17) is 4.74 Å². The lowest BCUT2D eigenvalue weighted by molar-refractivity contribution is -0.153. The van der Waals surface area contributed by atoms with Crippen molar-refractivity contribution in [1.82, 2.24) is 4.90 Å². The van der Waals surface area contributed by atoms with Gasteiger partial charge in [0.1, 0.15) is 6.10 Å². The van der Waals surface area contributed by atoms with E-state index < -0.39 is 17.6 Å². The number of nitrogens with zero attached hydrogens (tertiary/aromatic N) is 1. The highest BCUT2D eigenvalue weighted by Gasteiger charge is 2.49. The fourth-order valence-corrected chi connectivity index (χ4v) is 1.49. The fourth-order valence-electron chi connectivity index (χ4n) is 1.49. The monoisotopic (exact) mass is 193 g/mol. The van der Waals surface area contributed by atoms with Gasteiger partial charge in [-0.2, -0.15) is 0 Å². The van der Waals surface area contributed by atoms with Crippen molar-refractivity contribution in [2.45, 2.75) is 38.4 Å². The number of halogens is 2. The van der Waals surface area contributed by atoms with Crippen LogP contribution in [0.1, 0.15) is 20.8 Å². The molecule has 13 heavy (non-hydrogen) atoms. The summed E-state index contributed by atoms with van der Waals surface area (Å²) >= 11 is 0. The average Bonchev–Trinajstić information content (AvgIpc) is 2.00. The van der Waals surface area contributed by atoms with Crippen LogP contribution in [0.5, 0.6) is 0 Å². The van der Waals surface area contributed by atoms with Crippen LogP contribution in [0.3, 0.4) is 0 Å². The van der Waals surface area contributed by atoms with Crippen LogP contribution in [0.15, 0.2) is 0 Å². The molecule has 0 aromatic heterocycles. The van der Waals surface area contributed by atoms with Crippen LogP contribution >= 0.6 is 0 Å². The van der Waals surface area contributed by atoms with Crippen molar-refractivity contribution in [2.24, 2.45) is 0 Å². The van der Waals surface area contributed by atoms with Gasteiger partial charge >= 0.3 is 0 Å². The van der Waals surface area contributed by atoms with Crippen LogP contribution in [0.4, 0.5) is 8.78 Å². The summed E-state index contributed by atoms with van der Waals surface area (Å²) in [4.78, 5) is 1.59. The lowest BCUT2D eigenvalue weighted by atomic mass is 10.1. The van der Waals surface area contributed by atoms with Crippen molar-refractivity contribution in [3.8, 4) is 0 Å². The van der Waals surface area contributed by atoms with Crippen LogP contribution < -0.4 is 0 Å². The standard InChI is InChI=1S/C9H17F2NO/c1-8(2,3)13-7-5-12(4)6-9(7,10)11/h7H,5-6H2,1-4H3. The maximum absolute atomic E-state index is 13.2. The molecule has 4 heteroatoms. The fraction of sp³-hybridized carbons (Fsp3) is 1.00. The molecule has 0 spiro atoms. The van der Waals surface area contributed by atoms with E-state index in [1.54, 1.807) is 32.7 Å². The second kappa shape index (κ2) is 3.17. The van der Waals surface area contributed by atoms with Gasteiger partial charge in [0.05, 0.1) is 12.1 Å². The lowest BCUT2D eigenvalue weighted by Crippen LogP contribution is -2.39.